The number of hydrogen-bond donors (Lipinski definition) is 0. The molecule has 0 unspecified atom stereocenters. The summed E-state index contributed by atoms with van der Waals surface area (Å²) < 4.78 is 32.7. The van der Waals surface area contributed by atoms with Gasteiger partial charge in [-0.1, -0.05) is 287 Å². The third kappa shape index (κ3) is 12.1. The Morgan fingerprint density at radius 3 is 0.821 bits per heavy atom. The Morgan fingerprint density at radius 2 is 0.414 bits per heavy atom. The molecule has 10 nitrogen and oxygen atoms in total. The molecule has 145 heavy (non-hydrogen) atoms. The van der Waals surface area contributed by atoms with Crippen LogP contribution in [0.25, 0.3) is 235 Å². The average Bonchev–Trinajstić information content (AvgIpc) is 1.55. The van der Waals surface area contributed by atoms with E-state index in [0.29, 0.717) is 0 Å². The summed E-state index contributed by atoms with van der Waals surface area (Å²) in [4.78, 5) is 7.08. The van der Waals surface area contributed by atoms with Crippen LogP contribution in [0, 0.1) is 0 Å². The lowest BCUT2D eigenvalue weighted by Crippen LogP contribution is -2.16. The van der Waals surface area contributed by atoms with E-state index >= 15 is 0 Å². The number of para-hydroxylation sites is 10. The average molecular weight is 1850 g/mol. The van der Waals surface area contributed by atoms with Crippen molar-refractivity contribution in [2.75, 3.05) is 14.7 Å². The highest BCUT2D eigenvalue weighted by Gasteiger charge is 2.37. The fourth-order valence-electron chi connectivity index (χ4n) is 24.6. The van der Waals surface area contributed by atoms with Gasteiger partial charge < -0.3 is 45.6 Å². The highest BCUT2D eigenvalue weighted by Crippen LogP contribution is 2.54. The Labute approximate surface area is 829 Å². The van der Waals surface area contributed by atoms with Crippen molar-refractivity contribution in [1.82, 2.24) is 13.2 Å². The van der Waals surface area contributed by atoms with E-state index in [9.17, 15) is 0 Å². The largest absolute Gasteiger partial charge is 0.456 e. The van der Waals surface area contributed by atoms with Crippen LogP contribution >= 0.6 is 0 Å². The van der Waals surface area contributed by atoms with Crippen LogP contribution in [0.15, 0.2) is 491 Å². The second-order valence-corrected chi connectivity index (χ2v) is 39.3. The summed E-state index contributed by atoms with van der Waals surface area (Å²) in [6, 6.07) is 170. The van der Waals surface area contributed by atoms with Crippen LogP contribution in [0.2, 0.25) is 0 Å². The van der Waals surface area contributed by atoms with E-state index in [4.69, 9.17) is 17.7 Å². The van der Waals surface area contributed by atoms with E-state index < -0.39 is 0 Å². The van der Waals surface area contributed by atoms with E-state index in [1.165, 1.54) is 148 Å². The quantitative estimate of drug-likeness (QED) is 0.128. The van der Waals surface area contributed by atoms with Gasteiger partial charge >= 0.3 is 0 Å². The molecule has 0 fully saturated rings. The van der Waals surface area contributed by atoms with Crippen molar-refractivity contribution in [3.05, 3.63) is 484 Å². The van der Waals surface area contributed by atoms with E-state index in [1.54, 1.807) is 0 Å². The van der Waals surface area contributed by atoms with E-state index in [-0.39, 0.29) is 5.41 Å². The summed E-state index contributed by atoms with van der Waals surface area (Å²) in [7, 11) is 0. The molecule has 0 spiro atoms. The van der Waals surface area contributed by atoms with Gasteiger partial charge in [0, 0.05) is 183 Å². The van der Waals surface area contributed by atoms with Gasteiger partial charge in [0.2, 0.25) is 0 Å². The van der Waals surface area contributed by atoms with Crippen molar-refractivity contribution in [3.63, 3.8) is 0 Å². The highest BCUT2D eigenvalue weighted by molar-refractivity contribution is 6.27. The first-order valence-corrected chi connectivity index (χ1v) is 49.7. The molecule has 0 saturated heterocycles. The number of anilines is 9. The lowest BCUT2D eigenvalue weighted by molar-refractivity contribution is 0.660. The van der Waals surface area contributed by atoms with Gasteiger partial charge in [0.1, 0.15) is 44.7 Å². The number of furan rings is 4. The first-order chi connectivity index (χ1) is 71.6. The SMILES string of the molecule is CC1(C)c2ccccc2-c2ccc(N(c3ccc4c(c3)oc3ccccc34)c3ccc4c(c3)c3cccc5c6ccccc6n4c53)cc21.c1ccc(-c2ccc(N(c3ccc(-c4ccc5c(c4)oc4ccccc45)cc3)c3ccc4c(c3)c3cccc5c6ccccc6n4c53)cc2)cc1.c1ccc2c(c1)oc1cc(N(c3ccc4c(c3)oc3ccccc34)c3ccc4c(c3)c3cccc5c6ccccc6n4c53)ccc12. The van der Waals surface area contributed by atoms with Gasteiger partial charge in [0.25, 0.3) is 0 Å². The number of hydrogen-bond acceptors (Lipinski definition) is 7. The lowest BCUT2D eigenvalue weighted by Gasteiger charge is -2.28. The zero-order valence-corrected chi connectivity index (χ0v) is 78.8. The van der Waals surface area contributed by atoms with Gasteiger partial charge in [-0.15, -0.1) is 0 Å². The maximum atomic E-state index is 6.42. The summed E-state index contributed by atoms with van der Waals surface area (Å²) in [5, 5.41) is 24.3. The summed E-state index contributed by atoms with van der Waals surface area (Å²) in [6.07, 6.45) is 0. The van der Waals surface area contributed by atoms with Crippen LogP contribution < -0.4 is 14.7 Å². The molecule has 678 valence electrons. The van der Waals surface area contributed by atoms with Crippen molar-refractivity contribution in [2.45, 2.75) is 19.3 Å². The zero-order chi connectivity index (χ0) is 95.1. The van der Waals surface area contributed by atoms with Crippen LogP contribution in [-0.4, -0.2) is 13.2 Å². The Morgan fingerprint density at radius 1 is 0.159 bits per heavy atom. The highest BCUT2D eigenvalue weighted by atomic mass is 16.3. The van der Waals surface area contributed by atoms with Crippen molar-refractivity contribution < 1.29 is 17.7 Å². The third-order valence-electron chi connectivity index (χ3n) is 31.1. The molecule has 0 N–H and O–H groups in total. The molecule has 0 saturated carbocycles. The molecule has 0 radical (unpaired) electrons. The third-order valence-corrected chi connectivity index (χ3v) is 31.1. The Kier molecular flexibility index (Phi) is 17.2. The maximum absolute atomic E-state index is 6.42. The minimum atomic E-state index is -0.103. The first-order valence-electron chi connectivity index (χ1n) is 49.7. The maximum Gasteiger partial charge on any atom is 0.137 e. The molecular weight excluding hydrogens is 1770 g/mol. The fraction of sp³-hybridized carbons (Fsp3) is 0.0222. The van der Waals surface area contributed by atoms with Crippen molar-refractivity contribution >= 4 is 253 Å². The van der Waals surface area contributed by atoms with Gasteiger partial charge in [0.15, 0.2) is 0 Å². The normalized spacial score (nSPS) is 12.7. The molecule has 10 aromatic heterocycles. The Hall–Kier alpha value is -19.2. The molecule has 0 bridgehead atoms. The minimum absolute atomic E-state index is 0.103. The molecule has 10 heterocycles. The predicted octanol–water partition coefficient (Wildman–Crippen LogP) is 38.2. The van der Waals surface area contributed by atoms with Crippen LogP contribution in [0.5, 0.6) is 0 Å². The first kappa shape index (κ1) is 80.8. The molecule has 0 atom stereocenters. The molecule has 0 amide bonds. The van der Waals surface area contributed by atoms with E-state index in [2.05, 4.69) is 466 Å². The van der Waals surface area contributed by atoms with Crippen LogP contribution in [0.1, 0.15) is 25.0 Å². The van der Waals surface area contributed by atoms with Gasteiger partial charge in [-0.3, -0.25) is 0 Å². The summed E-state index contributed by atoms with van der Waals surface area (Å²) in [5.41, 5.74) is 38.1. The predicted molar refractivity (Wildman–Crippen MR) is 605 cm³/mol. The summed E-state index contributed by atoms with van der Waals surface area (Å²) in [6.45, 7) is 4.70. The zero-order valence-electron chi connectivity index (χ0n) is 78.8. The van der Waals surface area contributed by atoms with E-state index in [1.807, 2.05) is 48.5 Å². The molecule has 33 rings (SSSR count). The van der Waals surface area contributed by atoms with Crippen molar-refractivity contribution in [1.29, 1.82) is 0 Å². The molecular formula is C135H84N6O4. The topological polar surface area (TPSA) is 75.5 Å². The second-order valence-electron chi connectivity index (χ2n) is 39.3. The number of aromatic nitrogens is 3. The van der Waals surface area contributed by atoms with E-state index in [0.717, 1.165) is 150 Å². The monoisotopic (exact) mass is 1850 g/mol. The lowest BCUT2D eigenvalue weighted by atomic mass is 9.82. The van der Waals surface area contributed by atoms with Crippen molar-refractivity contribution in [2.24, 2.45) is 0 Å². The fourth-order valence-corrected chi connectivity index (χ4v) is 24.6. The standard InChI is InChI=1S/C48H30N2O.C45H30N2O.C42H24N2O2/c1-2-9-31(10-3-1)32-17-22-35(23-18-32)49(36-24-19-33(20-25-36)34-21-27-40-39-12-5-7-16-46(39)51-47(40)29-34)37-26-28-45-43(30-37)42-14-8-13-41-38-11-4-6-15-44(38)50(45)48(41)42;1-45(2)38-15-6-3-10-30(38)31-21-18-28(25-39(31)45)46(29-19-22-34-33-12-5-8-17-42(33)48-43(34)26-29)27-20-23-41-37(24-27)36-14-9-13-35-32-11-4-7-16-40(32)47(41)44(35)36;1-4-13-36-28(8-1)33-11-7-12-34-35-22-25(18-21-37(35)44(36)42(33)34)43(26-16-19-31-29-9-2-5-14-38(29)45-40(31)23-26)27-17-20-32-30-10-3-6-15-39(30)46-41(32)24-27/h1-30H;3-26H,1-2H3;1-24H. The molecule has 22 aromatic carbocycles. The van der Waals surface area contributed by atoms with Crippen LogP contribution in [-0.2, 0) is 5.41 Å². The number of benzene rings is 22. The number of rotatable bonds is 11. The van der Waals surface area contributed by atoms with Gasteiger partial charge in [-0.05, 0) is 226 Å². The molecule has 1 aliphatic rings. The van der Waals surface area contributed by atoms with Gasteiger partial charge in [-0.25, -0.2) is 0 Å². The molecule has 1 aliphatic carbocycles. The van der Waals surface area contributed by atoms with Crippen LogP contribution in [0.4, 0.5) is 51.2 Å². The van der Waals surface area contributed by atoms with Crippen LogP contribution in [0.3, 0.4) is 0 Å². The second kappa shape index (κ2) is 30.9. The molecule has 0 aliphatic heterocycles. The molecule has 10 heteroatoms. The Balaban J connectivity index is 0.0000000991. The number of fused-ring (bicyclic) bond motifs is 33. The van der Waals surface area contributed by atoms with Crippen molar-refractivity contribution in [3.8, 4) is 33.4 Å². The summed E-state index contributed by atoms with van der Waals surface area (Å²) in [5.74, 6) is 0. The van der Waals surface area contributed by atoms with Gasteiger partial charge in [0.05, 0.1) is 49.7 Å². The smallest absolute Gasteiger partial charge is 0.137 e. The summed E-state index contributed by atoms with van der Waals surface area (Å²) >= 11 is 0. The van der Waals surface area contributed by atoms with Gasteiger partial charge in [-0.2, -0.15) is 0 Å². The molecule has 32 aromatic rings. The minimum Gasteiger partial charge on any atom is -0.456 e. The Bertz CT molecular complexity index is 10800. The number of nitrogens with zero attached hydrogens (tertiary/aromatic N) is 6.